The molecule has 0 atom stereocenters. The molecule has 0 radical (unpaired) electrons. The highest BCUT2D eigenvalue weighted by Crippen LogP contribution is 2.32. The maximum atomic E-state index is 5.58. The summed E-state index contributed by atoms with van der Waals surface area (Å²) in [4.78, 5) is 4.44. The predicted molar refractivity (Wildman–Crippen MR) is 58.3 cm³/mol. The van der Waals surface area contributed by atoms with Gasteiger partial charge in [0.05, 0.1) is 12.2 Å². The summed E-state index contributed by atoms with van der Waals surface area (Å²) < 4.78 is 2.05. The summed E-state index contributed by atoms with van der Waals surface area (Å²) in [6, 6.07) is 2.64. The fourth-order valence-corrected chi connectivity index (χ4v) is 2.00. The Labute approximate surface area is 88.1 Å². The monoisotopic (exact) mass is 202 g/mol. The van der Waals surface area contributed by atoms with Crippen LogP contribution in [0.25, 0.3) is 11.0 Å². The minimum absolute atomic E-state index is 0.539. The first-order valence-corrected chi connectivity index (χ1v) is 5.40. The van der Waals surface area contributed by atoms with E-state index in [-0.39, 0.29) is 0 Å². The Hall–Kier alpha value is -1.42. The SMILES string of the molecule is NCc1cnc2c(cnn2C2CCC2)c1. The standard InChI is InChI=1S/C11H14N4/c12-5-8-4-9-7-14-15(10-2-1-3-10)11(9)13-6-8/h4,6-7,10H,1-3,5,12H2. The van der Waals surface area contributed by atoms with Crippen LogP contribution in [0.4, 0.5) is 0 Å². The van der Waals surface area contributed by atoms with Crippen molar-refractivity contribution in [3.05, 3.63) is 24.0 Å². The van der Waals surface area contributed by atoms with Crippen LogP contribution in [-0.2, 0) is 6.54 Å². The van der Waals surface area contributed by atoms with Crippen molar-refractivity contribution >= 4 is 11.0 Å². The zero-order chi connectivity index (χ0) is 10.3. The minimum atomic E-state index is 0.539. The number of hydrogen-bond acceptors (Lipinski definition) is 3. The second kappa shape index (κ2) is 3.31. The molecule has 2 aromatic rings. The molecule has 0 aromatic carbocycles. The predicted octanol–water partition coefficient (Wildman–Crippen LogP) is 1.61. The van der Waals surface area contributed by atoms with Crippen LogP contribution in [0.1, 0.15) is 30.9 Å². The summed E-state index contributed by atoms with van der Waals surface area (Å²) >= 11 is 0. The lowest BCUT2D eigenvalue weighted by Gasteiger charge is -2.25. The van der Waals surface area contributed by atoms with Gasteiger partial charge in [-0.15, -0.1) is 0 Å². The molecule has 2 N–H and O–H groups in total. The molecule has 1 saturated carbocycles. The summed E-state index contributed by atoms with van der Waals surface area (Å²) in [5.41, 5.74) is 7.64. The van der Waals surface area contributed by atoms with Crippen molar-refractivity contribution in [3.63, 3.8) is 0 Å². The normalized spacial score (nSPS) is 16.9. The second-order valence-electron chi connectivity index (χ2n) is 4.13. The molecule has 15 heavy (non-hydrogen) atoms. The van der Waals surface area contributed by atoms with Crippen LogP contribution in [0.5, 0.6) is 0 Å². The Kier molecular flexibility index (Phi) is 1.95. The molecule has 0 aliphatic heterocycles. The second-order valence-corrected chi connectivity index (χ2v) is 4.13. The van der Waals surface area contributed by atoms with Crippen LogP contribution < -0.4 is 5.73 Å². The van der Waals surface area contributed by atoms with Crippen molar-refractivity contribution in [1.82, 2.24) is 14.8 Å². The lowest BCUT2D eigenvalue weighted by Crippen LogP contribution is -2.18. The van der Waals surface area contributed by atoms with Crippen LogP contribution in [0.15, 0.2) is 18.5 Å². The van der Waals surface area contributed by atoms with Gasteiger partial charge in [0.15, 0.2) is 5.65 Å². The molecule has 4 nitrogen and oxygen atoms in total. The van der Waals surface area contributed by atoms with Crippen molar-refractivity contribution in [1.29, 1.82) is 0 Å². The van der Waals surface area contributed by atoms with E-state index in [2.05, 4.69) is 20.8 Å². The minimum Gasteiger partial charge on any atom is -0.326 e. The molecule has 0 unspecified atom stereocenters. The van der Waals surface area contributed by atoms with Gasteiger partial charge in [-0.2, -0.15) is 5.10 Å². The molecule has 1 aliphatic rings. The molecule has 2 heterocycles. The summed E-state index contributed by atoms with van der Waals surface area (Å²) in [6.45, 7) is 0.539. The zero-order valence-corrected chi connectivity index (χ0v) is 8.56. The van der Waals surface area contributed by atoms with Gasteiger partial charge >= 0.3 is 0 Å². The van der Waals surface area contributed by atoms with E-state index in [1.54, 1.807) is 0 Å². The first-order chi connectivity index (χ1) is 7.38. The van der Waals surface area contributed by atoms with Crippen molar-refractivity contribution in [2.75, 3.05) is 0 Å². The maximum absolute atomic E-state index is 5.58. The smallest absolute Gasteiger partial charge is 0.157 e. The van der Waals surface area contributed by atoms with Crippen molar-refractivity contribution in [2.45, 2.75) is 31.8 Å². The first kappa shape index (κ1) is 8.85. The van der Waals surface area contributed by atoms with E-state index >= 15 is 0 Å². The van der Waals surface area contributed by atoms with Gasteiger partial charge in [0.1, 0.15) is 0 Å². The molecular weight excluding hydrogens is 188 g/mol. The molecule has 78 valence electrons. The maximum Gasteiger partial charge on any atom is 0.157 e. The van der Waals surface area contributed by atoms with Gasteiger partial charge in [0, 0.05) is 18.1 Å². The van der Waals surface area contributed by atoms with E-state index in [0.717, 1.165) is 16.6 Å². The number of pyridine rings is 1. The molecule has 0 bridgehead atoms. The first-order valence-electron chi connectivity index (χ1n) is 5.40. The molecule has 1 fully saturated rings. The van der Waals surface area contributed by atoms with Gasteiger partial charge in [0.2, 0.25) is 0 Å². The third kappa shape index (κ3) is 1.33. The third-order valence-corrected chi connectivity index (χ3v) is 3.15. The Morgan fingerprint density at radius 3 is 2.93 bits per heavy atom. The van der Waals surface area contributed by atoms with Crippen LogP contribution in [0.3, 0.4) is 0 Å². The Balaban J connectivity index is 2.09. The van der Waals surface area contributed by atoms with Crippen LogP contribution >= 0.6 is 0 Å². The average Bonchev–Trinajstić information content (AvgIpc) is 2.59. The summed E-state index contributed by atoms with van der Waals surface area (Å²) in [7, 11) is 0. The molecule has 3 rings (SSSR count). The highest BCUT2D eigenvalue weighted by Gasteiger charge is 2.22. The number of hydrogen-bond donors (Lipinski definition) is 1. The van der Waals surface area contributed by atoms with E-state index in [4.69, 9.17) is 5.73 Å². The van der Waals surface area contributed by atoms with E-state index < -0.39 is 0 Å². The molecule has 0 spiro atoms. The lowest BCUT2D eigenvalue weighted by molar-refractivity contribution is 0.296. The van der Waals surface area contributed by atoms with Crippen molar-refractivity contribution in [2.24, 2.45) is 5.73 Å². The van der Waals surface area contributed by atoms with E-state index in [9.17, 15) is 0 Å². The number of aromatic nitrogens is 3. The molecule has 0 saturated heterocycles. The van der Waals surface area contributed by atoms with Gasteiger partial charge in [-0.3, -0.25) is 0 Å². The van der Waals surface area contributed by atoms with Crippen LogP contribution in [0.2, 0.25) is 0 Å². The third-order valence-electron chi connectivity index (χ3n) is 3.15. The van der Waals surface area contributed by atoms with Gasteiger partial charge in [-0.05, 0) is 30.9 Å². The lowest BCUT2D eigenvalue weighted by atomic mass is 9.93. The summed E-state index contributed by atoms with van der Waals surface area (Å²) in [6.07, 6.45) is 7.51. The number of fused-ring (bicyclic) bond motifs is 1. The van der Waals surface area contributed by atoms with Gasteiger partial charge in [-0.1, -0.05) is 0 Å². The molecule has 4 heteroatoms. The topological polar surface area (TPSA) is 56.7 Å². The highest BCUT2D eigenvalue weighted by molar-refractivity contribution is 5.75. The molecule has 2 aromatic heterocycles. The summed E-state index contributed by atoms with van der Waals surface area (Å²) in [5.74, 6) is 0. The Morgan fingerprint density at radius 2 is 2.27 bits per heavy atom. The number of nitrogens with two attached hydrogens (primary N) is 1. The summed E-state index contributed by atoms with van der Waals surface area (Å²) in [5, 5.41) is 5.51. The largest absolute Gasteiger partial charge is 0.326 e. The van der Waals surface area contributed by atoms with E-state index in [0.29, 0.717) is 12.6 Å². The fourth-order valence-electron chi connectivity index (χ4n) is 2.00. The van der Waals surface area contributed by atoms with Crippen molar-refractivity contribution in [3.8, 4) is 0 Å². The molecule has 1 aliphatic carbocycles. The van der Waals surface area contributed by atoms with Gasteiger partial charge < -0.3 is 5.73 Å². The average molecular weight is 202 g/mol. The van der Waals surface area contributed by atoms with E-state index in [1.165, 1.54) is 19.3 Å². The Bertz CT molecular complexity index is 484. The quantitative estimate of drug-likeness (QED) is 0.805. The zero-order valence-electron chi connectivity index (χ0n) is 8.56. The Morgan fingerprint density at radius 1 is 1.40 bits per heavy atom. The number of nitrogens with zero attached hydrogens (tertiary/aromatic N) is 3. The van der Waals surface area contributed by atoms with Gasteiger partial charge in [-0.25, -0.2) is 9.67 Å². The van der Waals surface area contributed by atoms with Crippen molar-refractivity contribution < 1.29 is 0 Å². The number of rotatable bonds is 2. The highest BCUT2D eigenvalue weighted by atomic mass is 15.3. The fraction of sp³-hybridized carbons (Fsp3) is 0.455. The van der Waals surface area contributed by atoms with Gasteiger partial charge in [0.25, 0.3) is 0 Å². The molecular formula is C11H14N4. The van der Waals surface area contributed by atoms with Crippen LogP contribution in [-0.4, -0.2) is 14.8 Å². The van der Waals surface area contributed by atoms with E-state index in [1.807, 2.05) is 12.4 Å². The van der Waals surface area contributed by atoms with Crippen LogP contribution in [0, 0.1) is 0 Å². The molecule has 0 amide bonds.